The molecule has 2 aromatic carbocycles. The Morgan fingerprint density at radius 2 is 1.53 bits per heavy atom. The summed E-state index contributed by atoms with van der Waals surface area (Å²) in [6.07, 6.45) is -2.17. The molecule has 0 aliphatic heterocycles. The smallest absolute Gasteiger partial charge is 0.407 e. The summed E-state index contributed by atoms with van der Waals surface area (Å²) in [5, 5.41) is 24.1. The van der Waals surface area contributed by atoms with E-state index in [0.717, 1.165) is 16.0 Å². The maximum absolute atomic E-state index is 13.4. The Balaban J connectivity index is 2.24. The van der Waals surface area contributed by atoms with Crippen LogP contribution in [0, 0.1) is 11.8 Å². The molecule has 2 aromatic rings. The van der Waals surface area contributed by atoms with Gasteiger partial charge in [-0.05, 0) is 56.4 Å². The predicted octanol–water partition coefficient (Wildman–Crippen LogP) is 3.49. The normalized spacial score (nSPS) is 14.3. The van der Waals surface area contributed by atoms with Crippen LogP contribution < -0.4 is 14.8 Å². The highest BCUT2D eigenvalue weighted by atomic mass is 32.2. The third-order valence-corrected chi connectivity index (χ3v) is 8.42. The van der Waals surface area contributed by atoms with E-state index in [1.807, 2.05) is 44.2 Å². The Morgan fingerprint density at radius 1 is 0.930 bits per heavy atom. The Labute approximate surface area is 256 Å². The monoisotopic (exact) mass is 620 g/mol. The summed E-state index contributed by atoms with van der Waals surface area (Å²) < 4.78 is 35.5. The van der Waals surface area contributed by atoms with E-state index in [1.165, 1.54) is 4.31 Å². The first kappa shape index (κ1) is 36.0. The van der Waals surface area contributed by atoms with E-state index in [9.17, 15) is 28.2 Å². The molecule has 11 nitrogen and oxygen atoms in total. The summed E-state index contributed by atoms with van der Waals surface area (Å²) >= 11 is 0. The van der Waals surface area contributed by atoms with Crippen LogP contribution in [0.5, 0.6) is 5.75 Å². The van der Waals surface area contributed by atoms with Crippen LogP contribution in [0.3, 0.4) is 0 Å². The standard InChI is InChI=1S/C31H48N4O7S/c1-22(2)18-35(43(40,41)33-31(4,5)6)21-28(36)27(17-24-11-9-8-10-12-24)32-29(37)23(3)19-34(30(38)39)20-25-13-15-26(42-7)16-14-25/h8-16,22-23,27-28,33,36H,17-21H2,1-7H3,(H,32,37)(H,38,39)/t23-,27+,28-/m1/s1. The topological polar surface area (TPSA) is 149 Å². The van der Waals surface area contributed by atoms with Crippen molar-refractivity contribution in [1.82, 2.24) is 19.2 Å². The first-order valence-corrected chi connectivity index (χ1v) is 15.9. The van der Waals surface area contributed by atoms with Crippen LogP contribution in [-0.2, 0) is 28.0 Å². The minimum Gasteiger partial charge on any atom is -0.497 e. The lowest BCUT2D eigenvalue weighted by Gasteiger charge is -2.33. The van der Waals surface area contributed by atoms with Crippen LogP contribution in [0.25, 0.3) is 0 Å². The Kier molecular flexibility index (Phi) is 13.4. The van der Waals surface area contributed by atoms with Gasteiger partial charge in [0, 0.05) is 31.7 Å². The zero-order chi connectivity index (χ0) is 32.4. The molecular formula is C31H48N4O7S. The number of amides is 2. The van der Waals surface area contributed by atoms with E-state index in [-0.39, 0.29) is 38.5 Å². The van der Waals surface area contributed by atoms with Crippen molar-refractivity contribution in [2.75, 3.05) is 26.7 Å². The van der Waals surface area contributed by atoms with Crippen LogP contribution in [0.1, 0.15) is 52.7 Å². The number of aliphatic hydroxyl groups excluding tert-OH is 1. The molecule has 4 N–H and O–H groups in total. The highest BCUT2D eigenvalue weighted by Crippen LogP contribution is 2.16. The van der Waals surface area contributed by atoms with Crippen molar-refractivity contribution in [1.29, 1.82) is 0 Å². The second-order valence-electron chi connectivity index (χ2n) is 12.4. The number of carbonyl (C=O) groups is 2. The van der Waals surface area contributed by atoms with Crippen LogP contribution >= 0.6 is 0 Å². The fourth-order valence-electron chi connectivity index (χ4n) is 4.52. The number of nitrogens with one attached hydrogen (secondary N) is 2. The number of rotatable bonds is 16. The molecule has 12 heteroatoms. The third-order valence-electron chi connectivity index (χ3n) is 6.57. The largest absolute Gasteiger partial charge is 0.497 e. The molecule has 0 bridgehead atoms. The van der Waals surface area contributed by atoms with E-state index in [1.54, 1.807) is 59.1 Å². The third kappa shape index (κ3) is 12.5. The van der Waals surface area contributed by atoms with Gasteiger partial charge in [-0.2, -0.15) is 17.4 Å². The van der Waals surface area contributed by atoms with Gasteiger partial charge in [0.25, 0.3) is 10.2 Å². The number of ether oxygens (including phenoxy) is 1. The van der Waals surface area contributed by atoms with E-state index in [0.29, 0.717) is 5.75 Å². The van der Waals surface area contributed by atoms with Gasteiger partial charge in [-0.1, -0.05) is 63.2 Å². The van der Waals surface area contributed by atoms with Crippen LogP contribution in [0.2, 0.25) is 0 Å². The molecule has 0 aromatic heterocycles. The summed E-state index contributed by atoms with van der Waals surface area (Å²) in [5.41, 5.74) is 0.856. The fraction of sp³-hybridized carbons (Fsp3) is 0.548. The Morgan fingerprint density at radius 3 is 2.05 bits per heavy atom. The number of aliphatic hydroxyl groups is 1. The number of hydrogen-bond acceptors (Lipinski definition) is 6. The number of methoxy groups -OCH3 is 1. The first-order chi connectivity index (χ1) is 20.0. The lowest BCUT2D eigenvalue weighted by atomic mass is 9.99. The van der Waals surface area contributed by atoms with E-state index in [2.05, 4.69) is 10.0 Å². The van der Waals surface area contributed by atoms with E-state index >= 15 is 0 Å². The van der Waals surface area contributed by atoms with Crippen molar-refractivity contribution in [2.24, 2.45) is 11.8 Å². The lowest BCUT2D eigenvalue weighted by molar-refractivity contribution is -0.126. The quantitative estimate of drug-likeness (QED) is 0.225. The first-order valence-electron chi connectivity index (χ1n) is 14.4. The minimum absolute atomic E-state index is 0.0152. The number of carboxylic acid groups (broad SMARTS) is 1. The fourth-order valence-corrected chi connectivity index (χ4v) is 6.26. The lowest BCUT2D eigenvalue weighted by Crippen LogP contribution is -2.56. The maximum Gasteiger partial charge on any atom is 0.407 e. The minimum atomic E-state index is -3.95. The van der Waals surface area contributed by atoms with Crippen molar-refractivity contribution < 1.29 is 33.0 Å². The molecule has 0 unspecified atom stereocenters. The molecule has 0 radical (unpaired) electrons. The molecule has 0 fully saturated rings. The summed E-state index contributed by atoms with van der Waals surface area (Å²) in [6, 6.07) is 15.4. The number of carbonyl (C=O) groups excluding carboxylic acids is 1. The van der Waals surface area contributed by atoms with Gasteiger partial charge in [-0.25, -0.2) is 4.79 Å². The van der Waals surface area contributed by atoms with Gasteiger partial charge in [0.1, 0.15) is 5.75 Å². The molecule has 0 aliphatic carbocycles. The van der Waals surface area contributed by atoms with E-state index < -0.39 is 45.8 Å². The maximum atomic E-state index is 13.4. The molecule has 0 saturated carbocycles. The molecule has 43 heavy (non-hydrogen) atoms. The average molecular weight is 621 g/mol. The van der Waals surface area contributed by atoms with Crippen LogP contribution in [-0.4, -0.2) is 84.3 Å². The second-order valence-corrected chi connectivity index (χ2v) is 14.0. The molecule has 240 valence electrons. The zero-order valence-electron chi connectivity index (χ0n) is 26.3. The van der Waals surface area contributed by atoms with Gasteiger partial charge in [0.05, 0.1) is 25.2 Å². The predicted molar refractivity (Wildman–Crippen MR) is 167 cm³/mol. The molecule has 0 spiro atoms. The summed E-state index contributed by atoms with van der Waals surface area (Å²) in [6.45, 7) is 10.5. The van der Waals surface area contributed by atoms with Crippen molar-refractivity contribution in [3.05, 3.63) is 65.7 Å². The highest BCUT2D eigenvalue weighted by Gasteiger charge is 2.33. The summed E-state index contributed by atoms with van der Waals surface area (Å²) in [5.74, 6) is -0.570. The molecule has 2 rings (SSSR count). The van der Waals surface area contributed by atoms with Gasteiger partial charge < -0.3 is 25.2 Å². The van der Waals surface area contributed by atoms with Crippen LogP contribution in [0.4, 0.5) is 4.79 Å². The Hall–Kier alpha value is -3.19. The summed E-state index contributed by atoms with van der Waals surface area (Å²) in [4.78, 5) is 26.6. The number of hydrogen-bond donors (Lipinski definition) is 4. The molecule has 0 saturated heterocycles. The SMILES string of the molecule is COc1ccc(CN(C[C@@H](C)C(=O)N[C@@H](Cc2ccccc2)[C@H](O)CN(CC(C)C)S(=O)(=O)NC(C)(C)C)C(=O)O)cc1. The Bertz CT molecular complexity index is 1270. The number of nitrogens with zero attached hydrogens (tertiary/aromatic N) is 2. The van der Waals surface area contributed by atoms with Gasteiger partial charge in [0.2, 0.25) is 5.91 Å². The molecule has 0 heterocycles. The van der Waals surface area contributed by atoms with Crippen molar-refractivity contribution in [2.45, 2.75) is 72.2 Å². The van der Waals surface area contributed by atoms with Crippen molar-refractivity contribution >= 4 is 22.2 Å². The van der Waals surface area contributed by atoms with E-state index in [4.69, 9.17) is 4.74 Å². The zero-order valence-corrected chi connectivity index (χ0v) is 27.1. The second kappa shape index (κ2) is 16.0. The average Bonchev–Trinajstić information content (AvgIpc) is 2.91. The van der Waals surface area contributed by atoms with Crippen molar-refractivity contribution in [3.63, 3.8) is 0 Å². The molecule has 0 aliphatic rings. The number of benzene rings is 2. The molecular weight excluding hydrogens is 572 g/mol. The van der Waals surface area contributed by atoms with Gasteiger partial charge in [-0.3, -0.25) is 4.79 Å². The van der Waals surface area contributed by atoms with Crippen LogP contribution in [0.15, 0.2) is 54.6 Å². The van der Waals surface area contributed by atoms with Crippen molar-refractivity contribution in [3.8, 4) is 5.75 Å². The van der Waals surface area contributed by atoms with Gasteiger partial charge in [-0.15, -0.1) is 0 Å². The summed E-state index contributed by atoms with van der Waals surface area (Å²) in [7, 11) is -2.40. The molecule has 3 atom stereocenters. The molecule has 2 amide bonds. The highest BCUT2D eigenvalue weighted by molar-refractivity contribution is 7.87. The van der Waals surface area contributed by atoms with Gasteiger partial charge in [0.15, 0.2) is 0 Å². The van der Waals surface area contributed by atoms with Gasteiger partial charge >= 0.3 is 6.09 Å².